The lowest BCUT2D eigenvalue weighted by Crippen LogP contribution is -2.49. The lowest BCUT2D eigenvalue weighted by Gasteiger charge is -2.33. The van der Waals surface area contributed by atoms with Gasteiger partial charge in [0.15, 0.2) is 11.5 Å². The van der Waals surface area contributed by atoms with Crippen LogP contribution in [-0.2, 0) is 9.59 Å². The first kappa shape index (κ1) is 19.8. The van der Waals surface area contributed by atoms with Crippen molar-refractivity contribution in [2.45, 2.75) is 25.3 Å². The summed E-state index contributed by atoms with van der Waals surface area (Å²) in [6.45, 7) is 3.02. The number of rotatable bonds is 3. The van der Waals surface area contributed by atoms with E-state index in [4.69, 9.17) is 9.47 Å². The number of likely N-dealkylation sites (tertiary alicyclic amines) is 1. The second-order valence-electron chi connectivity index (χ2n) is 7.07. The van der Waals surface area contributed by atoms with Gasteiger partial charge in [0.2, 0.25) is 11.8 Å². The zero-order chi connectivity index (χ0) is 18.1. The fraction of sp³-hybridized carbons (Fsp3) is 0.579. The Morgan fingerprint density at radius 1 is 1.15 bits per heavy atom. The number of carbonyl (C=O) groups is 2. The molecular formula is C19H26ClN3O4. The van der Waals surface area contributed by atoms with Crippen LogP contribution in [0.1, 0.15) is 19.3 Å². The number of piperidine rings is 1. The molecule has 4 rings (SSSR count). The van der Waals surface area contributed by atoms with Crippen LogP contribution in [0.5, 0.6) is 11.5 Å². The van der Waals surface area contributed by atoms with Crippen LogP contribution in [0.25, 0.3) is 0 Å². The first-order chi connectivity index (χ1) is 12.7. The zero-order valence-corrected chi connectivity index (χ0v) is 16.3. The molecule has 1 N–H and O–H groups in total. The highest BCUT2D eigenvalue weighted by Gasteiger charge is 2.40. The highest BCUT2D eigenvalue weighted by atomic mass is 35.5. The van der Waals surface area contributed by atoms with Crippen molar-refractivity contribution in [3.8, 4) is 11.5 Å². The molecule has 0 spiro atoms. The van der Waals surface area contributed by atoms with Crippen molar-refractivity contribution >= 4 is 29.9 Å². The summed E-state index contributed by atoms with van der Waals surface area (Å²) in [4.78, 5) is 29.3. The molecule has 27 heavy (non-hydrogen) atoms. The van der Waals surface area contributed by atoms with E-state index in [1.54, 1.807) is 4.90 Å². The molecule has 3 aliphatic heterocycles. The average Bonchev–Trinajstić information content (AvgIpc) is 3.08. The van der Waals surface area contributed by atoms with E-state index in [2.05, 4.69) is 5.32 Å². The predicted molar refractivity (Wildman–Crippen MR) is 104 cm³/mol. The first-order valence-electron chi connectivity index (χ1n) is 9.34. The molecule has 0 aromatic heterocycles. The van der Waals surface area contributed by atoms with Crippen LogP contribution in [0.2, 0.25) is 0 Å². The summed E-state index contributed by atoms with van der Waals surface area (Å²) in [6.07, 6.45) is 2.61. The van der Waals surface area contributed by atoms with Gasteiger partial charge >= 0.3 is 0 Å². The molecular weight excluding hydrogens is 370 g/mol. The summed E-state index contributed by atoms with van der Waals surface area (Å²) in [6, 6.07) is 5.83. The summed E-state index contributed by atoms with van der Waals surface area (Å²) < 4.78 is 11.1. The highest BCUT2D eigenvalue weighted by molar-refractivity contribution is 6.09. The van der Waals surface area contributed by atoms with Gasteiger partial charge in [-0.25, -0.2) is 0 Å². The summed E-state index contributed by atoms with van der Waals surface area (Å²) in [5.41, 5.74) is 0.765. The molecule has 2 unspecified atom stereocenters. The molecule has 8 heteroatoms. The number of anilines is 1. The van der Waals surface area contributed by atoms with Gasteiger partial charge in [-0.1, -0.05) is 0 Å². The van der Waals surface area contributed by atoms with Gasteiger partial charge in [-0.2, -0.15) is 0 Å². The Morgan fingerprint density at radius 3 is 2.70 bits per heavy atom. The molecule has 0 bridgehead atoms. The number of nitrogens with one attached hydrogen (secondary N) is 1. The quantitative estimate of drug-likeness (QED) is 0.784. The van der Waals surface area contributed by atoms with E-state index < -0.39 is 5.92 Å². The third kappa shape index (κ3) is 3.84. The van der Waals surface area contributed by atoms with Gasteiger partial charge in [-0.15, -0.1) is 12.4 Å². The minimum absolute atomic E-state index is 0. The third-order valence-corrected chi connectivity index (χ3v) is 5.48. The van der Waals surface area contributed by atoms with E-state index in [1.807, 2.05) is 30.1 Å². The molecule has 1 aromatic carbocycles. The Morgan fingerprint density at radius 2 is 1.93 bits per heavy atom. The van der Waals surface area contributed by atoms with Gasteiger partial charge in [0.25, 0.3) is 0 Å². The maximum Gasteiger partial charge on any atom is 0.239 e. The summed E-state index contributed by atoms with van der Waals surface area (Å²) in [5.74, 6) is 0.641. The van der Waals surface area contributed by atoms with Crippen molar-refractivity contribution in [2.24, 2.45) is 5.92 Å². The standard InChI is InChI=1S/C19H25N3O4.ClH/c1-20-13-3-2-7-21(12-13)18(23)15-6-8-22(19(15)24)14-4-5-16-17(11-14)26-10-9-25-16;/h4-5,11,13,15,20H,2-3,6-10,12H2,1H3;1H. The number of nitrogens with zero attached hydrogens (tertiary/aromatic N) is 2. The average molecular weight is 396 g/mol. The molecule has 2 fully saturated rings. The van der Waals surface area contributed by atoms with Crippen molar-refractivity contribution in [2.75, 3.05) is 44.8 Å². The van der Waals surface area contributed by atoms with Crippen LogP contribution in [0, 0.1) is 5.92 Å². The Labute approximate surface area is 165 Å². The lowest BCUT2D eigenvalue weighted by atomic mass is 10.0. The Bertz CT molecular complexity index is 714. The van der Waals surface area contributed by atoms with E-state index in [9.17, 15) is 9.59 Å². The summed E-state index contributed by atoms with van der Waals surface area (Å²) in [5, 5.41) is 3.24. The number of likely N-dealkylation sites (N-methyl/N-ethyl adjacent to an activating group) is 1. The molecule has 1 aromatic rings. The number of hydrogen-bond acceptors (Lipinski definition) is 5. The molecule has 2 saturated heterocycles. The van der Waals surface area contributed by atoms with Gasteiger partial charge in [-0.3, -0.25) is 9.59 Å². The van der Waals surface area contributed by atoms with Crippen LogP contribution in [0.15, 0.2) is 18.2 Å². The van der Waals surface area contributed by atoms with Crippen LogP contribution in [-0.4, -0.2) is 62.7 Å². The second kappa shape index (κ2) is 8.35. The number of benzene rings is 1. The topological polar surface area (TPSA) is 71.1 Å². The third-order valence-electron chi connectivity index (χ3n) is 5.48. The van der Waals surface area contributed by atoms with Gasteiger partial charge < -0.3 is 24.6 Å². The van der Waals surface area contributed by atoms with Crippen molar-refractivity contribution in [1.29, 1.82) is 0 Å². The molecule has 0 radical (unpaired) electrons. The first-order valence-corrected chi connectivity index (χ1v) is 9.34. The van der Waals surface area contributed by atoms with E-state index in [-0.39, 0.29) is 24.2 Å². The second-order valence-corrected chi connectivity index (χ2v) is 7.07. The number of halogens is 1. The normalized spacial score (nSPS) is 24.6. The summed E-state index contributed by atoms with van der Waals surface area (Å²) in [7, 11) is 1.92. The SMILES string of the molecule is CNC1CCCN(C(=O)C2CCN(c3ccc4c(c3)OCCO4)C2=O)C1.Cl. The monoisotopic (exact) mass is 395 g/mol. The predicted octanol–water partition coefficient (Wildman–Crippen LogP) is 1.44. The van der Waals surface area contributed by atoms with E-state index in [0.717, 1.165) is 25.1 Å². The smallest absolute Gasteiger partial charge is 0.239 e. The molecule has 3 aliphatic rings. The minimum Gasteiger partial charge on any atom is -0.486 e. The van der Waals surface area contributed by atoms with Crippen molar-refractivity contribution in [3.05, 3.63) is 18.2 Å². The molecule has 7 nitrogen and oxygen atoms in total. The van der Waals surface area contributed by atoms with Crippen molar-refractivity contribution < 1.29 is 19.1 Å². The van der Waals surface area contributed by atoms with E-state index in [0.29, 0.717) is 50.3 Å². The Balaban J connectivity index is 0.00000210. The molecule has 2 amide bonds. The van der Waals surface area contributed by atoms with Crippen molar-refractivity contribution in [3.63, 3.8) is 0 Å². The summed E-state index contributed by atoms with van der Waals surface area (Å²) >= 11 is 0. The Kier molecular flexibility index (Phi) is 6.11. The number of hydrogen-bond donors (Lipinski definition) is 1. The van der Waals surface area contributed by atoms with Gasteiger partial charge in [0, 0.05) is 37.4 Å². The van der Waals surface area contributed by atoms with Crippen LogP contribution in [0.4, 0.5) is 5.69 Å². The van der Waals surface area contributed by atoms with Crippen LogP contribution < -0.4 is 19.7 Å². The molecule has 3 heterocycles. The highest BCUT2D eigenvalue weighted by Crippen LogP contribution is 2.36. The van der Waals surface area contributed by atoms with Crippen molar-refractivity contribution in [1.82, 2.24) is 10.2 Å². The van der Waals surface area contributed by atoms with Gasteiger partial charge in [0.05, 0.1) is 0 Å². The number of ether oxygens (including phenoxy) is 2. The molecule has 0 aliphatic carbocycles. The number of fused-ring (bicyclic) bond motifs is 1. The molecule has 0 saturated carbocycles. The lowest BCUT2D eigenvalue weighted by molar-refractivity contribution is -0.140. The number of amides is 2. The van der Waals surface area contributed by atoms with E-state index >= 15 is 0 Å². The van der Waals surface area contributed by atoms with E-state index in [1.165, 1.54) is 0 Å². The number of carbonyl (C=O) groups excluding carboxylic acids is 2. The van der Waals surface area contributed by atoms with Gasteiger partial charge in [0.1, 0.15) is 19.1 Å². The zero-order valence-electron chi connectivity index (χ0n) is 15.5. The van der Waals surface area contributed by atoms with Crippen LogP contribution >= 0.6 is 12.4 Å². The molecule has 2 atom stereocenters. The Hall–Kier alpha value is -1.99. The van der Waals surface area contributed by atoms with Gasteiger partial charge in [-0.05, 0) is 38.4 Å². The largest absolute Gasteiger partial charge is 0.486 e. The maximum atomic E-state index is 12.9. The fourth-order valence-electron chi connectivity index (χ4n) is 4.00. The minimum atomic E-state index is -0.571. The van der Waals surface area contributed by atoms with Crippen LogP contribution in [0.3, 0.4) is 0 Å². The fourth-order valence-corrected chi connectivity index (χ4v) is 4.00. The maximum absolute atomic E-state index is 12.9. The molecule has 148 valence electrons.